The number of carbonyl (C=O) groups is 2. The van der Waals surface area contributed by atoms with Gasteiger partial charge in [-0.3, -0.25) is 0 Å². The van der Waals surface area contributed by atoms with Gasteiger partial charge in [-0.1, -0.05) is 0 Å². The average Bonchev–Trinajstić information content (AvgIpc) is 2.35. The van der Waals surface area contributed by atoms with Crippen LogP contribution >= 0.6 is 0 Å². The van der Waals surface area contributed by atoms with Crippen LogP contribution in [-0.4, -0.2) is 66.2 Å². The number of nitrogens with zero attached hydrogens (tertiary/aromatic N) is 2. The van der Waals surface area contributed by atoms with Crippen molar-refractivity contribution >= 4 is 12.0 Å². The molecule has 1 atom stereocenters. The summed E-state index contributed by atoms with van der Waals surface area (Å²) in [6.45, 7) is 3.42. The monoisotopic (exact) mass is 257 g/mol. The number of carbonyl (C=O) groups excluding carboxylic acids is 1. The molecule has 1 heterocycles. The lowest BCUT2D eigenvalue weighted by Crippen LogP contribution is -2.60. The van der Waals surface area contributed by atoms with E-state index >= 15 is 0 Å². The Morgan fingerprint density at radius 3 is 2.67 bits per heavy atom. The lowest BCUT2D eigenvalue weighted by Gasteiger charge is -2.43. The normalized spacial score (nSPS) is 23.8. The molecule has 1 saturated heterocycles. The van der Waals surface area contributed by atoms with Gasteiger partial charge in [-0.05, 0) is 33.2 Å². The molecule has 0 aliphatic carbocycles. The summed E-state index contributed by atoms with van der Waals surface area (Å²) >= 11 is 0. The third-order valence-corrected chi connectivity index (χ3v) is 3.61. The number of piperidine rings is 1. The Labute approximate surface area is 108 Å². The van der Waals surface area contributed by atoms with Gasteiger partial charge >= 0.3 is 12.0 Å². The molecule has 0 saturated carbocycles. The van der Waals surface area contributed by atoms with Crippen molar-refractivity contribution in [2.24, 2.45) is 0 Å². The van der Waals surface area contributed by atoms with Crippen molar-refractivity contribution in [3.05, 3.63) is 0 Å². The van der Waals surface area contributed by atoms with Gasteiger partial charge in [0.1, 0.15) is 5.54 Å². The fourth-order valence-electron chi connectivity index (χ4n) is 2.23. The van der Waals surface area contributed by atoms with E-state index in [0.29, 0.717) is 26.1 Å². The topological polar surface area (TPSA) is 72.9 Å². The predicted octanol–water partition coefficient (Wildman–Crippen LogP) is 0.587. The van der Waals surface area contributed by atoms with Crippen LogP contribution < -0.4 is 5.32 Å². The number of likely N-dealkylation sites (N-methyl/N-ethyl adjacent to an activating group) is 2. The predicted molar refractivity (Wildman–Crippen MR) is 68.6 cm³/mol. The number of likely N-dealkylation sites (tertiary alicyclic amines) is 1. The van der Waals surface area contributed by atoms with E-state index in [1.165, 1.54) is 4.90 Å². The SMILES string of the molecule is CNCCN(C)C(=O)N1CCCCC1(C)C(=O)O. The number of hydrogen-bond acceptors (Lipinski definition) is 3. The summed E-state index contributed by atoms with van der Waals surface area (Å²) < 4.78 is 0. The molecule has 1 fully saturated rings. The van der Waals surface area contributed by atoms with Crippen molar-refractivity contribution in [3.8, 4) is 0 Å². The van der Waals surface area contributed by atoms with Gasteiger partial charge in [0.25, 0.3) is 0 Å². The van der Waals surface area contributed by atoms with E-state index in [1.54, 1.807) is 18.9 Å². The number of aliphatic carboxylic acids is 1. The smallest absolute Gasteiger partial charge is 0.329 e. The minimum Gasteiger partial charge on any atom is -0.480 e. The summed E-state index contributed by atoms with van der Waals surface area (Å²) in [6.07, 6.45) is 2.25. The third kappa shape index (κ3) is 2.93. The Kier molecular flexibility index (Phi) is 4.95. The highest BCUT2D eigenvalue weighted by atomic mass is 16.4. The second-order valence-electron chi connectivity index (χ2n) is 5.00. The van der Waals surface area contributed by atoms with E-state index in [2.05, 4.69) is 5.32 Å². The quantitative estimate of drug-likeness (QED) is 0.773. The van der Waals surface area contributed by atoms with Crippen LogP contribution in [0.3, 0.4) is 0 Å². The second-order valence-corrected chi connectivity index (χ2v) is 5.00. The highest BCUT2D eigenvalue weighted by Crippen LogP contribution is 2.29. The molecule has 0 spiro atoms. The van der Waals surface area contributed by atoms with Crippen molar-refractivity contribution in [2.45, 2.75) is 31.7 Å². The maximum atomic E-state index is 12.3. The molecule has 1 aliphatic heterocycles. The minimum atomic E-state index is -1.07. The highest BCUT2D eigenvalue weighted by Gasteiger charge is 2.44. The average molecular weight is 257 g/mol. The van der Waals surface area contributed by atoms with Crippen molar-refractivity contribution in [3.63, 3.8) is 0 Å². The van der Waals surface area contributed by atoms with Crippen LogP contribution in [0, 0.1) is 0 Å². The first kappa shape index (κ1) is 14.8. The molecule has 6 heteroatoms. The van der Waals surface area contributed by atoms with Crippen LogP contribution in [0.25, 0.3) is 0 Å². The van der Waals surface area contributed by atoms with Crippen LogP contribution in [0.4, 0.5) is 4.79 Å². The van der Waals surface area contributed by atoms with E-state index in [0.717, 1.165) is 12.8 Å². The molecule has 1 aliphatic rings. The zero-order valence-corrected chi connectivity index (χ0v) is 11.4. The van der Waals surface area contributed by atoms with Gasteiger partial charge in [0, 0.05) is 26.7 Å². The maximum Gasteiger partial charge on any atom is 0.329 e. The molecule has 0 bridgehead atoms. The highest BCUT2D eigenvalue weighted by molar-refractivity contribution is 5.86. The van der Waals surface area contributed by atoms with Crippen LogP contribution in [0.15, 0.2) is 0 Å². The van der Waals surface area contributed by atoms with Gasteiger partial charge in [-0.15, -0.1) is 0 Å². The number of carboxylic acids is 1. The van der Waals surface area contributed by atoms with Gasteiger partial charge in [-0.25, -0.2) is 9.59 Å². The maximum absolute atomic E-state index is 12.3. The Morgan fingerprint density at radius 2 is 2.11 bits per heavy atom. The summed E-state index contributed by atoms with van der Waals surface area (Å²) in [7, 11) is 3.52. The van der Waals surface area contributed by atoms with Crippen LogP contribution in [0.5, 0.6) is 0 Å². The fraction of sp³-hybridized carbons (Fsp3) is 0.833. The van der Waals surface area contributed by atoms with E-state index in [4.69, 9.17) is 0 Å². The summed E-state index contributed by atoms with van der Waals surface area (Å²) in [5.41, 5.74) is -1.07. The van der Waals surface area contributed by atoms with Crippen molar-refractivity contribution < 1.29 is 14.7 Å². The first-order valence-corrected chi connectivity index (χ1v) is 6.34. The summed E-state index contributed by atoms with van der Waals surface area (Å²) in [5, 5.41) is 12.3. The number of amides is 2. The molecule has 0 aromatic carbocycles. The lowest BCUT2D eigenvalue weighted by atomic mass is 9.89. The molecule has 2 N–H and O–H groups in total. The number of hydrogen-bond donors (Lipinski definition) is 2. The molecule has 1 unspecified atom stereocenters. The first-order valence-electron chi connectivity index (χ1n) is 6.34. The van der Waals surface area contributed by atoms with Gasteiger partial charge in [0.15, 0.2) is 0 Å². The van der Waals surface area contributed by atoms with Crippen molar-refractivity contribution in [1.82, 2.24) is 15.1 Å². The zero-order valence-electron chi connectivity index (χ0n) is 11.4. The fourth-order valence-corrected chi connectivity index (χ4v) is 2.23. The number of nitrogens with one attached hydrogen (secondary N) is 1. The Hall–Kier alpha value is -1.30. The van der Waals surface area contributed by atoms with Crippen molar-refractivity contribution in [2.75, 3.05) is 33.7 Å². The van der Waals surface area contributed by atoms with Crippen LogP contribution in [0.1, 0.15) is 26.2 Å². The molecule has 0 radical (unpaired) electrons. The molecule has 1 rings (SSSR count). The number of urea groups is 1. The summed E-state index contributed by atoms with van der Waals surface area (Å²) in [4.78, 5) is 26.8. The first-order chi connectivity index (χ1) is 8.43. The lowest BCUT2D eigenvalue weighted by molar-refractivity contribution is -0.150. The van der Waals surface area contributed by atoms with Crippen molar-refractivity contribution in [1.29, 1.82) is 0 Å². The van der Waals surface area contributed by atoms with E-state index in [1.807, 2.05) is 7.05 Å². The van der Waals surface area contributed by atoms with Crippen LogP contribution in [0.2, 0.25) is 0 Å². The Balaban J connectivity index is 2.77. The minimum absolute atomic E-state index is 0.199. The molecule has 18 heavy (non-hydrogen) atoms. The molecule has 6 nitrogen and oxygen atoms in total. The standard InChI is InChI=1S/C12H23N3O3/c1-12(10(16)17)6-4-5-8-15(12)11(18)14(3)9-7-13-2/h13H,4-9H2,1-3H3,(H,16,17). The summed E-state index contributed by atoms with van der Waals surface area (Å²) in [6, 6.07) is -0.199. The molecule has 0 aromatic heterocycles. The zero-order chi connectivity index (χ0) is 13.8. The largest absolute Gasteiger partial charge is 0.480 e. The van der Waals surface area contributed by atoms with Crippen LogP contribution in [-0.2, 0) is 4.79 Å². The van der Waals surface area contributed by atoms with Gasteiger partial charge in [0.05, 0.1) is 0 Å². The Bertz CT molecular complexity index is 322. The van der Waals surface area contributed by atoms with E-state index in [9.17, 15) is 14.7 Å². The van der Waals surface area contributed by atoms with E-state index in [-0.39, 0.29) is 6.03 Å². The van der Waals surface area contributed by atoms with Gasteiger partial charge in [0.2, 0.25) is 0 Å². The molecular weight excluding hydrogens is 234 g/mol. The van der Waals surface area contributed by atoms with E-state index < -0.39 is 11.5 Å². The number of rotatable bonds is 4. The molecular formula is C12H23N3O3. The molecule has 104 valence electrons. The summed E-state index contributed by atoms with van der Waals surface area (Å²) in [5.74, 6) is -0.919. The second kappa shape index (κ2) is 6.04. The van der Waals surface area contributed by atoms with Gasteiger partial charge in [-0.2, -0.15) is 0 Å². The number of carboxylic acid groups (broad SMARTS) is 1. The van der Waals surface area contributed by atoms with Gasteiger partial charge < -0.3 is 20.2 Å². The third-order valence-electron chi connectivity index (χ3n) is 3.61. The molecule has 2 amide bonds. The molecule has 0 aromatic rings. The Morgan fingerprint density at radius 1 is 1.44 bits per heavy atom.